The Morgan fingerprint density at radius 1 is 1.09 bits per heavy atom. The summed E-state index contributed by atoms with van der Waals surface area (Å²) < 4.78 is 43.1. The van der Waals surface area contributed by atoms with E-state index in [2.05, 4.69) is 32.1 Å². The number of halogens is 3. The second kappa shape index (κ2) is 13.1. The predicted molar refractivity (Wildman–Crippen MR) is 164 cm³/mol. The van der Waals surface area contributed by atoms with E-state index < -0.39 is 11.3 Å². The maximum atomic E-state index is 13.0. The molecule has 44 heavy (non-hydrogen) atoms. The van der Waals surface area contributed by atoms with Gasteiger partial charge in [0.05, 0.1) is 4.92 Å². The molecule has 0 saturated carbocycles. The van der Waals surface area contributed by atoms with Gasteiger partial charge in [-0.25, -0.2) is 0 Å². The zero-order valence-electron chi connectivity index (χ0n) is 24.6. The smallest absolute Gasteiger partial charge is 0.406 e. The van der Waals surface area contributed by atoms with Crippen LogP contribution in [-0.2, 0) is 11.2 Å². The summed E-state index contributed by atoms with van der Waals surface area (Å²) in [5.41, 5.74) is 4.62. The summed E-state index contributed by atoms with van der Waals surface area (Å²) in [6, 6.07) is 18.4. The molecule has 8 nitrogen and oxygen atoms in total. The van der Waals surface area contributed by atoms with Gasteiger partial charge >= 0.3 is 6.36 Å². The number of non-ortho nitro benzene ring substituents is 1. The van der Waals surface area contributed by atoms with E-state index in [4.69, 9.17) is 0 Å². The molecule has 1 amide bonds. The Kier molecular flexibility index (Phi) is 9.24. The Morgan fingerprint density at radius 2 is 1.84 bits per heavy atom. The number of H-pyrrole nitrogens is 1. The molecule has 11 heteroatoms. The number of aromatic nitrogens is 1. The molecule has 2 heterocycles. The lowest BCUT2D eigenvalue weighted by molar-refractivity contribution is -0.384. The van der Waals surface area contributed by atoms with Crippen molar-refractivity contribution in [3.8, 4) is 17.0 Å². The van der Waals surface area contributed by atoms with Crippen molar-refractivity contribution < 1.29 is 27.6 Å². The lowest BCUT2D eigenvalue weighted by Crippen LogP contribution is -2.33. The number of aryl methyl sites for hydroxylation is 1. The molecule has 0 spiro atoms. The highest BCUT2D eigenvalue weighted by molar-refractivity contribution is 5.92. The van der Waals surface area contributed by atoms with E-state index in [1.54, 1.807) is 12.1 Å². The molecule has 0 aliphatic carbocycles. The van der Waals surface area contributed by atoms with E-state index in [-0.39, 0.29) is 23.3 Å². The number of amides is 1. The molecule has 0 bridgehead atoms. The van der Waals surface area contributed by atoms with Gasteiger partial charge in [0.2, 0.25) is 5.91 Å². The van der Waals surface area contributed by atoms with Crippen LogP contribution in [0.2, 0.25) is 0 Å². The molecule has 0 unspecified atom stereocenters. The highest BCUT2D eigenvalue weighted by Gasteiger charge is 2.31. The molecule has 1 aromatic heterocycles. The standard InChI is InChI=1S/C33H35F3N4O4/c1-21(2)32(41)37-25-8-3-6-23(18-25)22-13-16-39(17-14-22)15-5-10-28-29-20-27(44-33(34,35)36)11-12-30(29)38-31(28)24-7-4-9-26(19-24)40(42)43/h3-4,6-9,11-12,18-22,38H,5,10,13-17H2,1-2H3,(H,37,41). The first-order valence-corrected chi connectivity index (χ1v) is 14.7. The number of hydrogen-bond acceptors (Lipinski definition) is 5. The van der Waals surface area contributed by atoms with Gasteiger partial charge in [-0.2, -0.15) is 0 Å². The Balaban J connectivity index is 1.28. The van der Waals surface area contributed by atoms with Crippen LogP contribution in [0.5, 0.6) is 5.75 Å². The van der Waals surface area contributed by atoms with Crippen LogP contribution in [0, 0.1) is 16.0 Å². The number of benzene rings is 3. The number of anilines is 1. The van der Waals surface area contributed by atoms with E-state index >= 15 is 0 Å². The number of likely N-dealkylation sites (tertiary alicyclic amines) is 1. The van der Waals surface area contributed by atoms with E-state index in [0.717, 1.165) is 50.1 Å². The summed E-state index contributed by atoms with van der Waals surface area (Å²) in [6.45, 7) is 6.34. The summed E-state index contributed by atoms with van der Waals surface area (Å²) in [6.07, 6.45) is -1.55. The van der Waals surface area contributed by atoms with Crippen molar-refractivity contribution >= 4 is 28.2 Å². The highest BCUT2D eigenvalue weighted by atomic mass is 19.4. The van der Waals surface area contributed by atoms with Gasteiger partial charge < -0.3 is 19.9 Å². The topological polar surface area (TPSA) is 101 Å². The summed E-state index contributed by atoms with van der Waals surface area (Å²) in [5, 5.41) is 15.0. The van der Waals surface area contributed by atoms with Crippen molar-refractivity contribution in [1.82, 2.24) is 9.88 Å². The Hall–Kier alpha value is -4.38. The number of alkyl halides is 3. The molecular formula is C33H35F3N4O4. The van der Waals surface area contributed by atoms with Crippen LogP contribution >= 0.6 is 0 Å². The zero-order valence-corrected chi connectivity index (χ0v) is 24.6. The lowest BCUT2D eigenvalue weighted by atomic mass is 9.89. The Morgan fingerprint density at radius 3 is 2.55 bits per heavy atom. The first-order valence-electron chi connectivity index (χ1n) is 14.7. The van der Waals surface area contributed by atoms with E-state index in [1.165, 1.54) is 35.9 Å². The quantitative estimate of drug-likeness (QED) is 0.140. The number of nitro benzene ring substituents is 1. The number of nitrogens with one attached hydrogen (secondary N) is 2. The minimum Gasteiger partial charge on any atom is -0.406 e. The molecule has 2 N–H and O–H groups in total. The number of carbonyl (C=O) groups is 1. The van der Waals surface area contributed by atoms with Crippen molar-refractivity contribution in [3.05, 3.63) is 88.0 Å². The SMILES string of the molecule is CC(C)C(=O)Nc1cccc(C2CCN(CCCc3c(-c4cccc([N+](=O)[O-])c4)[nH]c4ccc(OC(F)(F)F)cc34)CC2)c1. The first-order chi connectivity index (χ1) is 21.0. The molecule has 0 atom stereocenters. The molecule has 1 fully saturated rings. The Bertz CT molecular complexity index is 1640. The van der Waals surface area contributed by atoms with Crippen molar-refractivity contribution in [2.24, 2.45) is 5.92 Å². The van der Waals surface area contributed by atoms with E-state index in [9.17, 15) is 28.1 Å². The highest BCUT2D eigenvalue weighted by Crippen LogP contribution is 2.36. The largest absolute Gasteiger partial charge is 0.573 e. The van der Waals surface area contributed by atoms with Crippen LogP contribution in [0.3, 0.4) is 0 Å². The summed E-state index contributed by atoms with van der Waals surface area (Å²) in [4.78, 5) is 28.7. The Labute approximate surface area is 253 Å². The maximum Gasteiger partial charge on any atom is 0.573 e. The normalized spacial score (nSPS) is 14.7. The molecule has 4 aromatic rings. The molecule has 0 radical (unpaired) electrons. The van der Waals surface area contributed by atoms with Crippen LogP contribution < -0.4 is 10.1 Å². The van der Waals surface area contributed by atoms with Gasteiger partial charge in [0, 0.05) is 45.9 Å². The number of fused-ring (bicyclic) bond motifs is 1. The first kappa shape index (κ1) is 31.1. The van der Waals surface area contributed by atoms with Crippen LogP contribution in [0.1, 0.15) is 50.2 Å². The number of aromatic amines is 1. The number of carbonyl (C=O) groups excluding carboxylic acids is 1. The van der Waals surface area contributed by atoms with Gasteiger partial charge in [-0.1, -0.05) is 38.1 Å². The molecular weight excluding hydrogens is 573 g/mol. The van der Waals surface area contributed by atoms with Gasteiger partial charge in [-0.05, 0) is 92.7 Å². The third kappa shape index (κ3) is 7.57. The number of rotatable bonds is 10. The van der Waals surface area contributed by atoms with Gasteiger partial charge in [0.1, 0.15) is 5.75 Å². The monoisotopic (exact) mass is 608 g/mol. The maximum absolute atomic E-state index is 13.0. The molecule has 1 aliphatic heterocycles. The van der Waals surface area contributed by atoms with Gasteiger partial charge in [0.25, 0.3) is 5.69 Å². The van der Waals surface area contributed by atoms with Crippen LogP contribution in [0.25, 0.3) is 22.2 Å². The van der Waals surface area contributed by atoms with Crippen molar-refractivity contribution in [2.45, 2.75) is 51.8 Å². The summed E-state index contributed by atoms with van der Waals surface area (Å²) in [7, 11) is 0. The van der Waals surface area contributed by atoms with Crippen LogP contribution in [-0.4, -0.2) is 46.7 Å². The lowest BCUT2D eigenvalue weighted by Gasteiger charge is -2.32. The van der Waals surface area contributed by atoms with E-state index in [0.29, 0.717) is 34.5 Å². The van der Waals surface area contributed by atoms with Crippen molar-refractivity contribution in [1.29, 1.82) is 0 Å². The number of nitrogens with zero attached hydrogens (tertiary/aromatic N) is 2. The van der Waals surface area contributed by atoms with Gasteiger partial charge in [0.15, 0.2) is 0 Å². The summed E-state index contributed by atoms with van der Waals surface area (Å²) in [5.74, 6) is -0.0253. The van der Waals surface area contributed by atoms with Crippen molar-refractivity contribution in [2.75, 3.05) is 25.0 Å². The number of hydrogen-bond donors (Lipinski definition) is 2. The third-order valence-electron chi connectivity index (χ3n) is 8.10. The average Bonchev–Trinajstić information content (AvgIpc) is 3.34. The minimum atomic E-state index is -4.82. The van der Waals surface area contributed by atoms with Gasteiger partial charge in [-0.3, -0.25) is 14.9 Å². The van der Waals surface area contributed by atoms with Gasteiger partial charge in [-0.15, -0.1) is 13.2 Å². The fraction of sp³-hybridized carbons (Fsp3) is 0.364. The number of nitro groups is 1. The second-order valence-corrected chi connectivity index (χ2v) is 11.5. The molecule has 1 saturated heterocycles. The summed E-state index contributed by atoms with van der Waals surface area (Å²) >= 11 is 0. The fourth-order valence-corrected chi connectivity index (χ4v) is 5.83. The van der Waals surface area contributed by atoms with Crippen LogP contribution in [0.15, 0.2) is 66.7 Å². The zero-order chi connectivity index (χ0) is 31.4. The average molecular weight is 609 g/mol. The number of ether oxygens (including phenoxy) is 1. The molecule has 1 aliphatic rings. The molecule has 5 rings (SSSR count). The predicted octanol–water partition coefficient (Wildman–Crippen LogP) is 8.05. The van der Waals surface area contributed by atoms with Crippen LogP contribution in [0.4, 0.5) is 24.5 Å². The fourth-order valence-electron chi connectivity index (χ4n) is 5.83. The molecule has 232 valence electrons. The number of piperidine rings is 1. The minimum absolute atomic E-state index is 0.00934. The van der Waals surface area contributed by atoms with E-state index in [1.807, 2.05) is 26.0 Å². The van der Waals surface area contributed by atoms with Crippen molar-refractivity contribution in [3.63, 3.8) is 0 Å². The molecule has 3 aromatic carbocycles. The third-order valence-corrected chi connectivity index (χ3v) is 8.10. The second-order valence-electron chi connectivity index (χ2n) is 11.5.